The summed E-state index contributed by atoms with van der Waals surface area (Å²) in [5, 5.41) is 4.12. The number of para-hydroxylation sites is 1. The second-order valence-corrected chi connectivity index (χ2v) is 8.08. The monoisotopic (exact) mass is 402 g/mol. The third-order valence-electron chi connectivity index (χ3n) is 5.65. The van der Waals surface area contributed by atoms with E-state index in [1.165, 1.54) is 5.56 Å². The Labute approximate surface area is 178 Å². The van der Waals surface area contributed by atoms with Crippen molar-refractivity contribution in [2.45, 2.75) is 25.8 Å². The Morgan fingerprint density at radius 3 is 2.60 bits per heavy atom. The number of hydrogen-bond donors (Lipinski definition) is 1. The molecule has 0 radical (unpaired) electrons. The zero-order chi connectivity index (χ0) is 20.8. The topological polar surface area (TPSA) is 48.5 Å². The van der Waals surface area contributed by atoms with E-state index in [2.05, 4.69) is 46.4 Å². The normalized spacial score (nSPS) is 13.9. The lowest BCUT2D eigenvalue weighted by molar-refractivity contribution is 0.0952. The Morgan fingerprint density at radius 2 is 1.80 bits per heavy atom. The Kier molecular flexibility index (Phi) is 6.60. The van der Waals surface area contributed by atoms with E-state index >= 15 is 0 Å². The van der Waals surface area contributed by atoms with E-state index in [-0.39, 0.29) is 5.91 Å². The first-order chi connectivity index (χ1) is 14.7. The SMILES string of the molecule is CN(CCCNC(=O)c1cc2ccccc2nc1N1CCCC1)Cc1ccccc1. The molecule has 156 valence electrons. The molecule has 1 amide bonds. The van der Waals surface area contributed by atoms with Gasteiger partial charge < -0.3 is 15.1 Å². The lowest BCUT2D eigenvalue weighted by Gasteiger charge is -2.21. The van der Waals surface area contributed by atoms with Crippen molar-refractivity contribution < 1.29 is 4.79 Å². The van der Waals surface area contributed by atoms with Gasteiger partial charge >= 0.3 is 0 Å². The van der Waals surface area contributed by atoms with E-state index in [1.807, 2.05) is 36.4 Å². The van der Waals surface area contributed by atoms with Crippen molar-refractivity contribution in [2.75, 3.05) is 38.1 Å². The van der Waals surface area contributed by atoms with Gasteiger partial charge in [-0.2, -0.15) is 0 Å². The predicted molar refractivity (Wildman–Crippen MR) is 123 cm³/mol. The first-order valence-corrected chi connectivity index (χ1v) is 10.9. The number of aromatic nitrogens is 1. The standard InChI is InChI=1S/C25H30N4O/c1-28(19-20-10-3-2-4-11-20)15-9-14-26-25(30)22-18-21-12-5-6-13-23(21)27-24(22)29-16-7-8-17-29/h2-6,10-13,18H,7-9,14-17,19H2,1H3,(H,26,30). The van der Waals surface area contributed by atoms with Gasteiger partial charge in [0.05, 0.1) is 11.1 Å². The molecule has 1 aromatic heterocycles. The summed E-state index contributed by atoms with van der Waals surface area (Å²) in [7, 11) is 2.12. The summed E-state index contributed by atoms with van der Waals surface area (Å²) in [6, 6.07) is 20.5. The molecule has 3 aromatic rings. The molecule has 1 saturated heterocycles. The minimum absolute atomic E-state index is 0.0270. The van der Waals surface area contributed by atoms with Gasteiger partial charge in [-0.05, 0) is 50.6 Å². The molecule has 2 heterocycles. The summed E-state index contributed by atoms with van der Waals surface area (Å²) < 4.78 is 0. The average Bonchev–Trinajstić information content (AvgIpc) is 3.31. The minimum atomic E-state index is -0.0270. The van der Waals surface area contributed by atoms with E-state index in [9.17, 15) is 4.79 Å². The Hall–Kier alpha value is -2.92. The lowest BCUT2D eigenvalue weighted by Crippen LogP contribution is -2.30. The lowest BCUT2D eigenvalue weighted by atomic mass is 10.1. The van der Waals surface area contributed by atoms with Crippen LogP contribution in [0.5, 0.6) is 0 Å². The van der Waals surface area contributed by atoms with Crippen LogP contribution in [0.15, 0.2) is 60.7 Å². The fraction of sp³-hybridized carbons (Fsp3) is 0.360. The Balaban J connectivity index is 1.37. The summed E-state index contributed by atoms with van der Waals surface area (Å²) in [4.78, 5) is 22.4. The summed E-state index contributed by atoms with van der Waals surface area (Å²) in [6.45, 7) is 4.45. The molecule has 4 rings (SSSR count). The number of benzene rings is 2. The number of amides is 1. The van der Waals surface area contributed by atoms with Gasteiger partial charge in [-0.15, -0.1) is 0 Å². The Bertz CT molecular complexity index is 983. The largest absolute Gasteiger partial charge is 0.356 e. The fourth-order valence-electron chi connectivity index (χ4n) is 4.06. The maximum absolute atomic E-state index is 13.0. The number of nitrogens with one attached hydrogen (secondary N) is 1. The molecule has 30 heavy (non-hydrogen) atoms. The molecule has 1 aliphatic rings. The zero-order valence-electron chi connectivity index (χ0n) is 17.7. The summed E-state index contributed by atoms with van der Waals surface area (Å²) in [5.74, 6) is 0.797. The molecule has 1 fully saturated rings. The first kappa shape index (κ1) is 20.4. The number of hydrogen-bond acceptors (Lipinski definition) is 4. The van der Waals surface area contributed by atoms with Crippen LogP contribution < -0.4 is 10.2 Å². The smallest absolute Gasteiger partial charge is 0.255 e. The Morgan fingerprint density at radius 1 is 1.07 bits per heavy atom. The summed E-state index contributed by atoms with van der Waals surface area (Å²) in [6.07, 6.45) is 3.22. The van der Waals surface area contributed by atoms with Crippen LogP contribution in [0.25, 0.3) is 10.9 Å². The van der Waals surface area contributed by atoms with Crippen molar-refractivity contribution in [2.24, 2.45) is 0 Å². The minimum Gasteiger partial charge on any atom is -0.356 e. The van der Waals surface area contributed by atoms with Gasteiger partial charge in [0, 0.05) is 31.6 Å². The zero-order valence-corrected chi connectivity index (χ0v) is 17.7. The molecule has 2 aromatic carbocycles. The van der Waals surface area contributed by atoms with Crippen molar-refractivity contribution in [3.05, 3.63) is 71.8 Å². The van der Waals surface area contributed by atoms with Crippen molar-refractivity contribution in [1.82, 2.24) is 15.2 Å². The second-order valence-electron chi connectivity index (χ2n) is 8.08. The molecule has 0 atom stereocenters. The highest BCUT2D eigenvalue weighted by molar-refractivity contribution is 6.02. The third-order valence-corrected chi connectivity index (χ3v) is 5.65. The number of rotatable bonds is 8. The van der Waals surface area contributed by atoms with Crippen molar-refractivity contribution >= 4 is 22.6 Å². The van der Waals surface area contributed by atoms with Gasteiger partial charge in [-0.1, -0.05) is 48.5 Å². The van der Waals surface area contributed by atoms with Gasteiger partial charge in [0.2, 0.25) is 0 Å². The number of anilines is 1. The van der Waals surface area contributed by atoms with Crippen molar-refractivity contribution in [1.29, 1.82) is 0 Å². The van der Waals surface area contributed by atoms with E-state index < -0.39 is 0 Å². The highest BCUT2D eigenvalue weighted by Gasteiger charge is 2.21. The number of nitrogens with zero attached hydrogens (tertiary/aromatic N) is 3. The van der Waals surface area contributed by atoms with Crippen LogP contribution in [0.3, 0.4) is 0 Å². The number of carbonyl (C=O) groups is 1. The summed E-state index contributed by atoms with van der Waals surface area (Å²) in [5.41, 5.74) is 2.94. The van der Waals surface area contributed by atoms with E-state index in [0.717, 1.165) is 62.2 Å². The van der Waals surface area contributed by atoms with Crippen LogP contribution in [-0.4, -0.2) is 49.0 Å². The predicted octanol–water partition coefficient (Wildman–Crippen LogP) is 4.09. The van der Waals surface area contributed by atoms with Gasteiger partial charge in [0.25, 0.3) is 5.91 Å². The van der Waals surface area contributed by atoms with Gasteiger partial charge in [0.1, 0.15) is 5.82 Å². The molecule has 0 saturated carbocycles. The van der Waals surface area contributed by atoms with Gasteiger partial charge in [0.15, 0.2) is 0 Å². The molecule has 5 nitrogen and oxygen atoms in total. The van der Waals surface area contributed by atoms with Crippen LogP contribution in [-0.2, 0) is 6.54 Å². The quantitative estimate of drug-likeness (QED) is 0.577. The molecular weight excluding hydrogens is 372 g/mol. The molecule has 0 aliphatic carbocycles. The number of pyridine rings is 1. The third kappa shape index (κ3) is 4.97. The van der Waals surface area contributed by atoms with Crippen LogP contribution in [0.2, 0.25) is 0 Å². The average molecular weight is 403 g/mol. The van der Waals surface area contributed by atoms with Crippen LogP contribution in [0.4, 0.5) is 5.82 Å². The van der Waals surface area contributed by atoms with Crippen molar-refractivity contribution in [3.63, 3.8) is 0 Å². The van der Waals surface area contributed by atoms with Gasteiger partial charge in [-0.25, -0.2) is 4.98 Å². The number of carbonyl (C=O) groups excluding carboxylic acids is 1. The highest BCUT2D eigenvalue weighted by atomic mass is 16.1. The molecular formula is C25H30N4O. The highest BCUT2D eigenvalue weighted by Crippen LogP contribution is 2.26. The van der Waals surface area contributed by atoms with Crippen LogP contribution in [0, 0.1) is 0 Å². The van der Waals surface area contributed by atoms with Crippen LogP contribution in [0.1, 0.15) is 35.2 Å². The molecule has 0 unspecified atom stereocenters. The van der Waals surface area contributed by atoms with E-state index in [0.29, 0.717) is 12.1 Å². The number of fused-ring (bicyclic) bond motifs is 1. The molecule has 1 N–H and O–H groups in total. The second kappa shape index (κ2) is 9.72. The molecule has 0 bridgehead atoms. The van der Waals surface area contributed by atoms with Gasteiger partial charge in [-0.3, -0.25) is 4.79 Å². The maximum atomic E-state index is 13.0. The van der Waals surface area contributed by atoms with Crippen LogP contribution >= 0.6 is 0 Å². The van der Waals surface area contributed by atoms with E-state index in [4.69, 9.17) is 4.98 Å². The van der Waals surface area contributed by atoms with Crippen molar-refractivity contribution in [3.8, 4) is 0 Å². The van der Waals surface area contributed by atoms with E-state index in [1.54, 1.807) is 0 Å². The fourth-order valence-corrected chi connectivity index (χ4v) is 4.06. The molecule has 5 heteroatoms. The molecule has 1 aliphatic heterocycles. The maximum Gasteiger partial charge on any atom is 0.255 e. The summed E-state index contributed by atoms with van der Waals surface area (Å²) >= 11 is 0. The molecule has 0 spiro atoms. The first-order valence-electron chi connectivity index (χ1n) is 10.9.